The summed E-state index contributed by atoms with van der Waals surface area (Å²) in [5.74, 6) is 0. The average molecular weight is 500 g/mol. The van der Waals surface area contributed by atoms with E-state index in [-0.39, 0.29) is 18.8 Å². The number of hydrazine groups is 1. The highest BCUT2D eigenvalue weighted by molar-refractivity contribution is 5.80. The van der Waals surface area contributed by atoms with Crippen LogP contribution >= 0.6 is 0 Å². The first-order chi connectivity index (χ1) is 17.1. The number of amides is 2. The Labute approximate surface area is 205 Å². The molecule has 0 aliphatic heterocycles. The molecule has 10 heteroatoms. The Morgan fingerprint density at radius 3 is 1.75 bits per heavy atom. The van der Waals surface area contributed by atoms with E-state index < -0.39 is 29.5 Å². The van der Waals surface area contributed by atoms with E-state index in [2.05, 4.69) is 5.43 Å². The number of ether oxygens (including phenoxy) is 2. The Hall–Kier alpha value is -4.34. The molecule has 0 aliphatic rings. The minimum Gasteiger partial charge on any atom is -0.443 e. The third-order valence-corrected chi connectivity index (χ3v) is 5.29. The number of hydrogen-bond acceptors (Lipinski definition) is 5. The van der Waals surface area contributed by atoms with E-state index in [1.807, 2.05) is 0 Å². The molecule has 0 spiro atoms. The van der Waals surface area contributed by atoms with E-state index in [1.54, 1.807) is 60.7 Å². The van der Waals surface area contributed by atoms with Gasteiger partial charge in [0, 0.05) is 0 Å². The lowest BCUT2D eigenvalue weighted by atomic mass is 9.92. The van der Waals surface area contributed by atoms with Gasteiger partial charge < -0.3 is 14.3 Å². The summed E-state index contributed by atoms with van der Waals surface area (Å²) < 4.78 is 49.5. The van der Waals surface area contributed by atoms with Crippen LogP contribution in [0.1, 0.15) is 29.2 Å². The molecule has 0 bridgehead atoms. The van der Waals surface area contributed by atoms with Crippen molar-refractivity contribution in [3.63, 3.8) is 0 Å². The van der Waals surface area contributed by atoms with Gasteiger partial charge >= 0.3 is 18.4 Å². The van der Waals surface area contributed by atoms with Crippen LogP contribution in [-0.2, 0) is 39.2 Å². The predicted octanol–water partition coefficient (Wildman–Crippen LogP) is 5.60. The Morgan fingerprint density at radius 1 is 0.806 bits per heavy atom. The molecule has 2 amide bonds. The second kappa shape index (κ2) is 11.4. The molecule has 0 aromatic heterocycles. The molecule has 3 aromatic carbocycles. The Balaban J connectivity index is 1.85. The van der Waals surface area contributed by atoms with Crippen LogP contribution in [-0.4, -0.2) is 23.5 Å². The summed E-state index contributed by atoms with van der Waals surface area (Å²) in [6.45, 7) is 0.945. The zero-order valence-electron chi connectivity index (χ0n) is 19.2. The summed E-state index contributed by atoms with van der Waals surface area (Å²) in [7, 11) is 0. The SMILES string of the molecule is CC(C=O)(c1ccc(C(F)(F)F)cc1)N(NC(=O)OCc1ccccc1)C(=O)OCc1ccccc1. The molecule has 1 N–H and O–H groups in total. The number of nitrogens with zero attached hydrogens (tertiary/aromatic N) is 1. The van der Waals surface area contributed by atoms with Gasteiger partial charge in [0.15, 0.2) is 6.29 Å². The molecule has 36 heavy (non-hydrogen) atoms. The third-order valence-electron chi connectivity index (χ3n) is 5.29. The van der Waals surface area contributed by atoms with Crippen molar-refractivity contribution in [1.82, 2.24) is 10.4 Å². The van der Waals surface area contributed by atoms with Crippen molar-refractivity contribution in [2.24, 2.45) is 0 Å². The summed E-state index contributed by atoms with van der Waals surface area (Å²) in [5.41, 5.74) is 0.655. The average Bonchev–Trinajstić information content (AvgIpc) is 2.89. The van der Waals surface area contributed by atoms with Crippen LogP contribution in [0.25, 0.3) is 0 Å². The van der Waals surface area contributed by atoms with E-state index in [4.69, 9.17) is 9.47 Å². The summed E-state index contributed by atoms with van der Waals surface area (Å²) in [6, 6.07) is 21.0. The van der Waals surface area contributed by atoms with Crippen LogP contribution in [0.3, 0.4) is 0 Å². The molecular weight excluding hydrogens is 477 g/mol. The molecule has 0 aliphatic carbocycles. The van der Waals surface area contributed by atoms with Crippen molar-refractivity contribution in [1.29, 1.82) is 0 Å². The first-order valence-corrected chi connectivity index (χ1v) is 10.8. The minimum atomic E-state index is -4.59. The summed E-state index contributed by atoms with van der Waals surface area (Å²) >= 11 is 0. The van der Waals surface area contributed by atoms with E-state index >= 15 is 0 Å². The van der Waals surface area contributed by atoms with Crippen LogP contribution in [0.4, 0.5) is 22.8 Å². The van der Waals surface area contributed by atoms with Gasteiger partial charge in [-0.05, 0) is 35.7 Å². The topological polar surface area (TPSA) is 84.9 Å². The molecule has 0 heterocycles. The quantitative estimate of drug-likeness (QED) is 0.337. The maximum Gasteiger partial charge on any atom is 0.430 e. The number of benzene rings is 3. The van der Waals surface area contributed by atoms with Crippen LogP contribution in [0.5, 0.6) is 0 Å². The van der Waals surface area contributed by atoms with Gasteiger partial charge in [-0.25, -0.2) is 15.0 Å². The zero-order valence-corrected chi connectivity index (χ0v) is 19.2. The number of halogens is 3. The molecule has 1 unspecified atom stereocenters. The number of aldehydes is 1. The Kier molecular flexibility index (Phi) is 8.31. The van der Waals surface area contributed by atoms with Crippen LogP contribution in [0, 0.1) is 0 Å². The summed E-state index contributed by atoms with van der Waals surface area (Å²) in [5, 5.41) is 0.596. The lowest BCUT2D eigenvalue weighted by molar-refractivity contribution is -0.137. The van der Waals surface area contributed by atoms with E-state index in [0.29, 0.717) is 22.4 Å². The van der Waals surface area contributed by atoms with E-state index in [0.717, 1.165) is 24.3 Å². The number of carbonyl (C=O) groups is 3. The molecular formula is C26H23F3N2O5. The van der Waals surface area contributed by atoms with Crippen molar-refractivity contribution in [2.75, 3.05) is 0 Å². The Bertz CT molecular complexity index is 1170. The van der Waals surface area contributed by atoms with Gasteiger partial charge in [0.1, 0.15) is 18.8 Å². The normalized spacial score (nSPS) is 12.7. The second-order valence-electron chi connectivity index (χ2n) is 7.89. The largest absolute Gasteiger partial charge is 0.443 e. The second-order valence-corrected chi connectivity index (χ2v) is 7.89. The first-order valence-electron chi connectivity index (χ1n) is 10.8. The molecule has 1 atom stereocenters. The smallest absolute Gasteiger partial charge is 0.430 e. The Morgan fingerprint density at radius 2 is 1.28 bits per heavy atom. The minimum absolute atomic E-state index is 0.00511. The first kappa shape index (κ1) is 26.3. The van der Waals surface area contributed by atoms with Crippen molar-refractivity contribution in [3.05, 3.63) is 107 Å². The fourth-order valence-corrected chi connectivity index (χ4v) is 3.23. The molecule has 0 radical (unpaired) electrons. The van der Waals surface area contributed by atoms with Gasteiger partial charge in [-0.3, -0.25) is 0 Å². The van der Waals surface area contributed by atoms with Gasteiger partial charge in [0.25, 0.3) is 0 Å². The fourth-order valence-electron chi connectivity index (χ4n) is 3.23. The van der Waals surface area contributed by atoms with Crippen molar-refractivity contribution in [2.45, 2.75) is 31.9 Å². The molecule has 188 valence electrons. The molecule has 3 aromatic rings. The van der Waals surface area contributed by atoms with Crippen molar-refractivity contribution < 1.29 is 37.0 Å². The number of alkyl halides is 3. The van der Waals surface area contributed by atoms with E-state index in [1.165, 1.54) is 6.92 Å². The molecule has 0 saturated heterocycles. The lowest BCUT2D eigenvalue weighted by Crippen LogP contribution is -2.58. The van der Waals surface area contributed by atoms with Gasteiger partial charge in [-0.2, -0.15) is 18.2 Å². The monoisotopic (exact) mass is 500 g/mol. The maximum atomic E-state index is 13.0. The van der Waals surface area contributed by atoms with Gasteiger partial charge in [-0.1, -0.05) is 72.8 Å². The molecule has 0 fully saturated rings. The van der Waals surface area contributed by atoms with Crippen LogP contribution in [0.15, 0.2) is 84.9 Å². The van der Waals surface area contributed by atoms with Gasteiger partial charge in [-0.15, -0.1) is 0 Å². The number of carbonyl (C=O) groups excluding carboxylic acids is 3. The van der Waals surface area contributed by atoms with Crippen molar-refractivity contribution in [3.8, 4) is 0 Å². The number of rotatable bonds is 7. The van der Waals surface area contributed by atoms with E-state index in [9.17, 15) is 27.6 Å². The fraction of sp³-hybridized carbons (Fsp3) is 0.192. The highest BCUT2D eigenvalue weighted by Crippen LogP contribution is 2.32. The standard InChI is InChI=1S/C26H23F3N2O5/c1-25(18-32,21-12-14-22(15-13-21)26(27,28)29)31(24(34)36-17-20-10-6-3-7-11-20)30-23(33)35-16-19-8-4-2-5-9-19/h2-15,18H,16-17H2,1H3,(H,30,33). The van der Waals surface area contributed by atoms with Crippen molar-refractivity contribution >= 4 is 18.5 Å². The molecule has 0 saturated carbocycles. The maximum absolute atomic E-state index is 13.0. The predicted molar refractivity (Wildman–Crippen MR) is 123 cm³/mol. The number of nitrogens with one attached hydrogen (secondary N) is 1. The van der Waals surface area contributed by atoms with Crippen LogP contribution in [0.2, 0.25) is 0 Å². The summed E-state index contributed by atoms with van der Waals surface area (Å²) in [4.78, 5) is 37.8. The molecule has 3 rings (SSSR count). The number of hydrogen-bond donors (Lipinski definition) is 1. The lowest BCUT2D eigenvalue weighted by Gasteiger charge is -2.36. The highest BCUT2D eigenvalue weighted by Gasteiger charge is 2.41. The summed E-state index contributed by atoms with van der Waals surface area (Å²) in [6.07, 6.45) is -6.47. The van der Waals surface area contributed by atoms with Gasteiger partial charge in [0.2, 0.25) is 0 Å². The zero-order chi connectivity index (χ0) is 26.2. The third kappa shape index (κ3) is 6.62. The molecule has 7 nitrogen and oxygen atoms in total. The highest BCUT2D eigenvalue weighted by atomic mass is 19.4. The van der Waals surface area contributed by atoms with Crippen LogP contribution < -0.4 is 5.43 Å². The van der Waals surface area contributed by atoms with Gasteiger partial charge in [0.05, 0.1) is 5.56 Å².